The van der Waals surface area contributed by atoms with Crippen molar-refractivity contribution in [3.05, 3.63) is 65.9 Å². The number of esters is 1. The Hall–Kier alpha value is -3.79. The number of aromatic nitrogens is 2. The highest BCUT2D eigenvalue weighted by Crippen LogP contribution is 2.33. The van der Waals surface area contributed by atoms with Crippen LogP contribution in [0.25, 0.3) is 11.3 Å². The van der Waals surface area contributed by atoms with Crippen molar-refractivity contribution in [2.75, 3.05) is 20.8 Å². The number of hydrogen-bond acceptors (Lipinski definition) is 6. The first-order valence-corrected chi connectivity index (χ1v) is 8.54. The highest BCUT2D eigenvalue weighted by molar-refractivity contribution is 5.96. The molecule has 1 aromatic heterocycles. The molecule has 0 unspecified atom stereocenters. The molecule has 0 aliphatic rings. The summed E-state index contributed by atoms with van der Waals surface area (Å²) < 4.78 is 17.3. The van der Waals surface area contributed by atoms with Gasteiger partial charge in [0.2, 0.25) is 0 Å². The molecule has 0 N–H and O–H groups in total. The minimum atomic E-state index is -0.606. The van der Waals surface area contributed by atoms with Crippen LogP contribution in [0.1, 0.15) is 15.9 Å². The van der Waals surface area contributed by atoms with Crippen LogP contribution in [0, 0.1) is 11.3 Å². The Kier molecular flexibility index (Phi) is 5.92. The summed E-state index contributed by atoms with van der Waals surface area (Å²) in [4.78, 5) is 12.5. The molecule has 0 saturated heterocycles. The van der Waals surface area contributed by atoms with E-state index in [9.17, 15) is 4.79 Å². The van der Waals surface area contributed by atoms with Crippen molar-refractivity contribution in [3.8, 4) is 28.8 Å². The van der Waals surface area contributed by atoms with Gasteiger partial charge < -0.3 is 14.2 Å². The molecule has 142 valence electrons. The molecule has 0 fully saturated rings. The van der Waals surface area contributed by atoms with E-state index in [4.69, 9.17) is 19.5 Å². The lowest BCUT2D eigenvalue weighted by Crippen LogP contribution is -2.06. The number of rotatable bonds is 7. The highest BCUT2D eigenvalue weighted by Gasteiger charge is 2.20. The number of benzene rings is 2. The Morgan fingerprint density at radius 1 is 1.11 bits per heavy atom. The third-order valence-electron chi connectivity index (χ3n) is 4.09. The Morgan fingerprint density at radius 2 is 1.86 bits per heavy atom. The summed E-state index contributed by atoms with van der Waals surface area (Å²) in [5, 5.41) is 13.3. The summed E-state index contributed by atoms with van der Waals surface area (Å²) in [6.07, 6.45) is 1.62. The van der Waals surface area contributed by atoms with E-state index in [0.717, 1.165) is 5.56 Å². The molecule has 0 aliphatic heterocycles. The minimum Gasteiger partial charge on any atom is -0.493 e. The van der Waals surface area contributed by atoms with Crippen LogP contribution >= 0.6 is 0 Å². The van der Waals surface area contributed by atoms with Gasteiger partial charge in [-0.2, -0.15) is 10.4 Å². The Labute approximate surface area is 162 Å². The van der Waals surface area contributed by atoms with Crippen LogP contribution in [0.15, 0.2) is 54.7 Å². The number of nitriles is 1. The van der Waals surface area contributed by atoms with E-state index in [0.29, 0.717) is 29.3 Å². The van der Waals surface area contributed by atoms with Crippen LogP contribution in [0.3, 0.4) is 0 Å². The summed E-state index contributed by atoms with van der Waals surface area (Å²) in [5.41, 5.74) is 2.44. The maximum atomic E-state index is 12.5. The van der Waals surface area contributed by atoms with Gasteiger partial charge >= 0.3 is 5.97 Å². The molecule has 1 heterocycles. The van der Waals surface area contributed by atoms with E-state index in [2.05, 4.69) is 5.10 Å². The summed E-state index contributed by atoms with van der Waals surface area (Å²) in [6, 6.07) is 16.9. The number of hydrogen-bond donors (Lipinski definition) is 0. The fourth-order valence-electron chi connectivity index (χ4n) is 2.79. The number of carbonyl (C=O) groups excluding carboxylic acids is 1. The first-order valence-electron chi connectivity index (χ1n) is 8.54. The van der Waals surface area contributed by atoms with Crippen LogP contribution in [-0.2, 0) is 11.3 Å². The van der Waals surface area contributed by atoms with Gasteiger partial charge in [0.25, 0.3) is 0 Å². The molecule has 0 atom stereocenters. The third kappa shape index (κ3) is 4.13. The zero-order valence-electron chi connectivity index (χ0n) is 15.6. The van der Waals surface area contributed by atoms with Crippen molar-refractivity contribution in [3.63, 3.8) is 0 Å². The van der Waals surface area contributed by atoms with Crippen LogP contribution in [0.5, 0.6) is 11.5 Å². The second-order valence-electron chi connectivity index (χ2n) is 5.88. The van der Waals surface area contributed by atoms with Gasteiger partial charge in [-0.25, -0.2) is 4.79 Å². The van der Waals surface area contributed by atoms with Crippen molar-refractivity contribution >= 4 is 5.97 Å². The van der Waals surface area contributed by atoms with Gasteiger partial charge in [-0.3, -0.25) is 4.68 Å². The van der Waals surface area contributed by atoms with E-state index in [1.165, 1.54) is 7.11 Å². The standard InChI is InChI=1S/C21H19N3O4/c1-26-18-9-8-16(12-19(18)27-2)20-17(21(25)28-11-10-22)14-24(23-20)13-15-6-4-3-5-7-15/h3-9,12,14H,11,13H2,1-2H3. The Balaban J connectivity index is 2.02. The minimum absolute atomic E-state index is 0.276. The fraction of sp³-hybridized carbons (Fsp3) is 0.190. The van der Waals surface area contributed by atoms with E-state index >= 15 is 0 Å². The van der Waals surface area contributed by atoms with Crippen molar-refractivity contribution < 1.29 is 19.0 Å². The van der Waals surface area contributed by atoms with Gasteiger partial charge in [-0.1, -0.05) is 30.3 Å². The van der Waals surface area contributed by atoms with Gasteiger partial charge in [0.05, 0.1) is 20.8 Å². The van der Waals surface area contributed by atoms with Crippen LogP contribution in [0.4, 0.5) is 0 Å². The number of methoxy groups -OCH3 is 2. The first-order chi connectivity index (χ1) is 13.7. The molecule has 0 amide bonds. The molecule has 28 heavy (non-hydrogen) atoms. The lowest BCUT2D eigenvalue weighted by molar-refractivity contribution is 0.0555. The average Bonchev–Trinajstić information content (AvgIpc) is 3.16. The molecule has 3 rings (SSSR count). The van der Waals surface area contributed by atoms with E-state index < -0.39 is 5.97 Å². The largest absolute Gasteiger partial charge is 0.493 e. The van der Waals surface area contributed by atoms with Crippen LogP contribution in [-0.4, -0.2) is 36.6 Å². The van der Waals surface area contributed by atoms with Crippen LogP contribution < -0.4 is 9.47 Å². The molecule has 0 radical (unpaired) electrons. The molecular formula is C21H19N3O4. The first kappa shape index (κ1) is 19.0. The third-order valence-corrected chi connectivity index (χ3v) is 4.09. The van der Waals surface area contributed by atoms with Crippen molar-refractivity contribution in [1.82, 2.24) is 9.78 Å². The van der Waals surface area contributed by atoms with Gasteiger partial charge in [-0.05, 0) is 23.8 Å². The maximum absolute atomic E-state index is 12.5. The fourth-order valence-corrected chi connectivity index (χ4v) is 2.79. The topological polar surface area (TPSA) is 86.4 Å². The lowest BCUT2D eigenvalue weighted by Gasteiger charge is -2.09. The van der Waals surface area contributed by atoms with Gasteiger partial charge in [-0.15, -0.1) is 0 Å². The zero-order chi connectivity index (χ0) is 19.9. The van der Waals surface area contributed by atoms with Gasteiger partial charge in [0.1, 0.15) is 17.3 Å². The van der Waals surface area contributed by atoms with Gasteiger partial charge in [0.15, 0.2) is 18.1 Å². The number of carbonyl (C=O) groups is 1. The lowest BCUT2D eigenvalue weighted by atomic mass is 10.1. The number of nitrogens with zero attached hydrogens (tertiary/aromatic N) is 3. The van der Waals surface area contributed by atoms with E-state index in [1.807, 2.05) is 30.3 Å². The second-order valence-corrected chi connectivity index (χ2v) is 5.88. The normalized spacial score (nSPS) is 10.2. The predicted molar refractivity (Wildman–Crippen MR) is 102 cm³/mol. The SMILES string of the molecule is COc1ccc(-c2nn(Cc3ccccc3)cc2C(=O)OCC#N)cc1OC. The van der Waals surface area contributed by atoms with Crippen LogP contribution in [0.2, 0.25) is 0 Å². The van der Waals surface area contributed by atoms with Crippen molar-refractivity contribution in [1.29, 1.82) is 5.26 Å². The number of ether oxygens (including phenoxy) is 3. The van der Waals surface area contributed by atoms with E-state index in [1.54, 1.807) is 42.3 Å². The van der Waals surface area contributed by atoms with Gasteiger partial charge in [0, 0.05) is 11.8 Å². The molecule has 0 spiro atoms. The Morgan fingerprint density at radius 3 is 2.54 bits per heavy atom. The summed E-state index contributed by atoms with van der Waals surface area (Å²) in [6.45, 7) is 0.167. The molecule has 7 nitrogen and oxygen atoms in total. The van der Waals surface area contributed by atoms with Crippen molar-refractivity contribution in [2.24, 2.45) is 0 Å². The molecule has 2 aromatic carbocycles. The maximum Gasteiger partial charge on any atom is 0.343 e. The molecule has 7 heteroatoms. The molecule has 0 saturated carbocycles. The van der Waals surface area contributed by atoms with E-state index in [-0.39, 0.29) is 12.2 Å². The summed E-state index contributed by atoms with van der Waals surface area (Å²) in [5.74, 6) is 0.489. The second kappa shape index (κ2) is 8.73. The highest BCUT2D eigenvalue weighted by atomic mass is 16.5. The predicted octanol–water partition coefficient (Wildman–Crippen LogP) is 3.30. The average molecular weight is 377 g/mol. The summed E-state index contributed by atoms with van der Waals surface area (Å²) in [7, 11) is 3.09. The zero-order valence-corrected chi connectivity index (χ0v) is 15.6. The molecular weight excluding hydrogens is 358 g/mol. The molecule has 3 aromatic rings. The van der Waals surface area contributed by atoms with Crippen molar-refractivity contribution in [2.45, 2.75) is 6.54 Å². The summed E-state index contributed by atoms with van der Waals surface area (Å²) >= 11 is 0. The quantitative estimate of drug-likeness (QED) is 0.587. The molecule has 0 aliphatic carbocycles. The monoisotopic (exact) mass is 377 g/mol. The Bertz CT molecular complexity index is 1010. The molecule has 0 bridgehead atoms. The smallest absolute Gasteiger partial charge is 0.343 e.